The Morgan fingerprint density at radius 1 is 1.05 bits per heavy atom. The summed E-state index contributed by atoms with van der Waals surface area (Å²) in [6.07, 6.45) is 0. The number of ether oxygens (including phenoxy) is 1. The first-order valence-corrected chi connectivity index (χ1v) is 6.50. The Morgan fingerprint density at radius 3 is 2.21 bits per heavy atom. The summed E-state index contributed by atoms with van der Waals surface area (Å²) in [5, 5.41) is 0. The number of carbonyl (C=O) groups is 1. The minimum Gasteiger partial charge on any atom is -0.485 e. The van der Waals surface area contributed by atoms with Crippen molar-refractivity contribution in [3.05, 3.63) is 63.2 Å². The first-order chi connectivity index (χ1) is 9.04. The van der Waals surface area contributed by atoms with Crippen LogP contribution in [0.2, 0.25) is 0 Å². The van der Waals surface area contributed by atoms with Crippen LogP contribution in [0, 0.1) is 15.2 Å². The van der Waals surface area contributed by atoms with Crippen molar-refractivity contribution in [1.29, 1.82) is 0 Å². The highest BCUT2D eigenvalue weighted by molar-refractivity contribution is 14.1. The summed E-state index contributed by atoms with van der Waals surface area (Å²) >= 11 is 2.13. The third-order valence-corrected chi connectivity index (χ3v) is 3.09. The molecule has 2 aromatic carbocycles. The third-order valence-electron chi connectivity index (χ3n) is 2.37. The molecule has 0 radical (unpaired) electrons. The normalized spacial score (nSPS) is 10.3. The van der Waals surface area contributed by atoms with Gasteiger partial charge in [-0.05, 0) is 34.7 Å². The van der Waals surface area contributed by atoms with Crippen molar-refractivity contribution < 1.29 is 18.3 Å². The predicted octanol–water partition coefficient (Wildman–Crippen LogP) is 3.83. The van der Waals surface area contributed by atoms with Gasteiger partial charge in [0, 0.05) is 27.3 Å². The van der Waals surface area contributed by atoms with Crippen molar-refractivity contribution in [2.24, 2.45) is 0 Å². The van der Waals surface area contributed by atoms with Gasteiger partial charge in [0.15, 0.2) is 12.4 Å². The SMILES string of the molecule is O=C(COc1cc(F)cc(F)c1)c1ccc(I)cc1. The smallest absolute Gasteiger partial charge is 0.200 e. The molecule has 0 bridgehead atoms. The fraction of sp³-hybridized carbons (Fsp3) is 0.0714. The molecule has 0 heterocycles. The van der Waals surface area contributed by atoms with Crippen LogP contribution in [-0.4, -0.2) is 12.4 Å². The molecule has 0 aliphatic rings. The van der Waals surface area contributed by atoms with Crippen LogP contribution < -0.4 is 4.74 Å². The van der Waals surface area contributed by atoms with Gasteiger partial charge in [-0.3, -0.25) is 4.79 Å². The molecule has 0 atom stereocenters. The van der Waals surface area contributed by atoms with Crippen molar-refractivity contribution in [3.63, 3.8) is 0 Å². The van der Waals surface area contributed by atoms with Crippen molar-refractivity contribution >= 4 is 28.4 Å². The molecule has 0 unspecified atom stereocenters. The first-order valence-electron chi connectivity index (χ1n) is 5.42. The fourth-order valence-electron chi connectivity index (χ4n) is 1.48. The second-order valence-corrected chi connectivity index (χ2v) is 5.07. The van der Waals surface area contributed by atoms with Crippen LogP contribution in [0.5, 0.6) is 5.75 Å². The van der Waals surface area contributed by atoms with E-state index in [4.69, 9.17) is 4.74 Å². The molecule has 19 heavy (non-hydrogen) atoms. The molecule has 5 heteroatoms. The second-order valence-electron chi connectivity index (χ2n) is 3.82. The van der Waals surface area contributed by atoms with Crippen LogP contribution >= 0.6 is 22.6 Å². The van der Waals surface area contributed by atoms with Gasteiger partial charge in [-0.2, -0.15) is 0 Å². The van der Waals surface area contributed by atoms with Gasteiger partial charge in [0.1, 0.15) is 17.4 Å². The molecule has 0 N–H and O–H groups in total. The number of halogens is 3. The number of Topliss-reactive ketones (excluding diaryl/α,β-unsaturated/α-hetero) is 1. The van der Waals surface area contributed by atoms with Crippen LogP contribution in [0.3, 0.4) is 0 Å². The van der Waals surface area contributed by atoms with Gasteiger partial charge in [-0.1, -0.05) is 12.1 Å². The van der Waals surface area contributed by atoms with E-state index in [9.17, 15) is 13.6 Å². The molecule has 0 aromatic heterocycles. The molecule has 2 aromatic rings. The average molecular weight is 374 g/mol. The van der Waals surface area contributed by atoms with Crippen LogP contribution in [0.25, 0.3) is 0 Å². The van der Waals surface area contributed by atoms with Crippen LogP contribution in [-0.2, 0) is 0 Å². The fourth-order valence-corrected chi connectivity index (χ4v) is 1.84. The lowest BCUT2D eigenvalue weighted by molar-refractivity contribution is 0.0921. The van der Waals surface area contributed by atoms with Crippen molar-refractivity contribution in [1.82, 2.24) is 0 Å². The maximum absolute atomic E-state index is 12.9. The van der Waals surface area contributed by atoms with E-state index in [2.05, 4.69) is 22.6 Å². The zero-order valence-corrected chi connectivity index (χ0v) is 11.9. The van der Waals surface area contributed by atoms with E-state index in [1.165, 1.54) is 0 Å². The lowest BCUT2D eigenvalue weighted by Gasteiger charge is -2.06. The summed E-state index contributed by atoms with van der Waals surface area (Å²) < 4.78 is 31.9. The summed E-state index contributed by atoms with van der Waals surface area (Å²) in [6.45, 7) is -0.260. The minimum atomic E-state index is -0.739. The molecule has 0 saturated carbocycles. The molecule has 2 nitrogen and oxygen atoms in total. The molecule has 0 saturated heterocycles. The first kappa shape index (κ1) is 13.9. The quantitative estimate of drug-likeness (QED) is 0.601. The average Bonchev–Trinajstić information content (AvgIpc) is 2.36. The summed E-state index contributed by atoms with van der Waals surface area (Å²) in [7, 11) is 0. The second kappa shape index (κ2) is 6.10. The zero-order valence-electron chi connectivity index (χ0n) is 9.70. The van der Waals surface area contributed by atoms with Gasteiger partial charge in [-0.15, -0.1) is 0 Å². The Balaban J connectivity index is 2.02. The van der Waals surface area contributed by atoms with Gasteiger partial charge in [0.2, 0.25) is 0 Å². The Morgan fingerprint density at radius 2 is 1.63 bits per heavy atom. The summed E-state index contributed by atoms with van der Waals surface area (Å²) in [5.74, 6) is -1.73. The van der Waals surface area contributed by atoms with Crippen LogP contribution in [0.1, 0.15) is 10.4 Å². The Labute approximate surface area is 122 Å². The highest BCUT2D eigenvalue weighted by atomic mass is 127. The van der Waals surface area contributed by atoms with E-state index in [-0.39, 0.29) is 18.1 Å². The van der Waals surface area contributed by atoms with Crippen LogP contribution in [0.15, 0.2) is 42.5 Å². The van der Waals surface area contributed by atoms with E-state index in [1.807, 2.05) is 0 Å². The van der Waals surface area contributed by atoms with Gasteiger partial charge in [-0.25, -0.2) is 8.78 Å². The van der Waals surface area contributed by atoms with E-state index in [0.717, 1.165) is 21.8 Å². The van der Waals surface area contributed by atoms with Crippen molar-refractivity contribution in [2.75, 3.05) is 6.61 Å². The third kappa shape index (κ3) is 3.99. The van der Waals surface area contributed by atoms with Crippen molar-refractivity contribution in [3.8, 4) is 5.75 Å². The maximum Gasteiger partial charge on any atom is 0.200 e. The van der Waals surface area contributed by atoms with E-state index in [1.54, 1.807) is 24.3 Å². The number of carbonyl (C=O) groups excluding carboxylic acids is 1. The molecule has 2 rings (SSSR count). The lowest BCUT2D eigenvalue weighted by atomic mass is 10.1. The van der Waals surface area contributed by atoms with E-state index >= 15 is 0 Å². The van der Waals surface area contributed by atoms with Gasteiger partial charge in [0.25, 0.3) is 0 Å². The van der Waals surface area contributed by atoms with E-state index < -0.39 is 11.6 Å². The molecule has 0 aliphatic carbocycles. The monoisotopic (exact) mass is 374 g/mol. The molecule has 98 valence electrons. The van der Waals surface area contributed by atoms with Crippen LogP contribution in [0.4, 0.5) is 8.78 Å². The standard InChI is InChI=1S/C14H9F2IO2/c15-10-5-11(16)7-13(6-10)19-8-14(18)9-1-3-12(17)4-2-9/h1-7H,8H2. The number of rotatable bonds is 4. The molecular formula is C14H9F2IO2. The molecular weight excluding hydrogens is 365 g/mol. The van der Waals surface area contributed by atoms with Crippen molar-refractivity contribution in [2.45, 2.75) is 0 Å². The Bertz CT molecular complexity index is 577. The number of hydrogen-bond donors (Lipinski definition) is 0. The maximum atomic E-state index is 12.9. The Hall–Kier alpha value is -1.50. The number of hydrogen-bond acceptors (Lipinski definition) is 2. The molecule has 0 amide bonds. The minimum absolute atomic E-state index is 0.00337. The lowest BCUT2D eigenvalue weighted by Crippen LogP contribution is -2.11. The number of benzene rings is 2. The largest absolute Gasteiger partial charge is 0.485 e. The van der Waals surface area contributed by atoms with Gasteiger partial charge >= 0.3 is 0 Å². The number of ketones is 1. The summed E-state index contributed by atoms with van der Waals surface area (Å²) in [6, 6.07) is 9.77. The summed E-state index contributed by atoms with van der Waals surface area (Å²) in [4.78, 5) is 11.8. The molecule has 0 aliphatic heterocycles. The van der Waals surface area contributed by atoms with Gasteiger partial charge < -0.3 is 4.74 Å². The zero-order chi connectivity index (χ0) is 13.8. The highest BCUT2D eigenvalue weighted by Crippen LogP contribution is 2.16. The van der Waals surface area contributed by atoms with E-state index in [0.29, 0.717) is 5.56 Å². The molecule has 0 fully saturated rings. The van der Waals surface area contributed by atoms with Gasteiger partial charge in [0.05, 0.1) is 0 Å². The topological polar surface area (TPSA) is 26.3 Å². The summed E-state index contributed by atoms with van der Waals surface area (Å²) in [5.41, 5.74) is 0.497. The molecule has 0 spiro atoms. The Kier molecular flexibility index (Phi) is 4.47. The highest BCUT2D eigenvalue weighted by Gasteiger charge is 2.08. The predicted molar refractivity (Wildman–Crippen MR) is 75.3 cm³/mol.